The molecule has 0 spiro atoms. The first-order chi connectivity index (χ1) is 42.5. The molecule has 14 bridgehead atoms. The van der Waals surface area contributed by atoms with E-state index in [1.807, 2.05) is 0 Å². The van der Waals surface area contributed by atoms with E-state index in [2.05, 4.69) is 15.6 Å². The Kier molecular flexibility index (Phi) is 21.9. The summed E-state index contributed by atoms with van der Waals surface area (Å²) in [4.78, 5) is 11.0. The molecule has 41 nitrogen and oxygen atoms in total. The van der Waals surface area contributed by atoms with Crippen LogP contribution in [0.5, 0.6) is 0 Å². The number of hydrogen-bond acceptors (Lipinski definition) is 40. The lowest BCUT2D eigenvalue weighted by Crippen LogP contribution is -2.68. The number of aromatic nitrogens is 2. The van der Waals surface area contributed by atoms with Crippen LogP contribution in [0.15, 0.2) is 16.8 Å². The van der Waals surface area contributed by atoms with E-state index in [4.69, 9.17) is 70.9 Å². The average Bonchev–Trinajstić information content (AvgIpc) is 1.71. The first-order valence-corrected chi connectivity index (χ1v) is 28.0. The van der Waals surface area contributed by atoms with E-state index in [0.29, 0.717) is 0 Å². The van der Waals surface area contributed by atoms with Crippen LogP contribution < -0.4 is 5.32 Å². The molecular formula is C48H72N4O37. The van der Waals surface area contributed by atoms with E-state index in [1.54, 1.807) is 0 Å². The number of nitrogens with zero attached hydrogens (tertiary/aromatic N) is 3. The van der Waals surface area contributed by atoms with Crippen molar-refractivity contribution in [1.29, 1.82) is 0 Å². The minimum atomic E-state index is -2.29. The van der Waals surface area contributed by atoms with Gasteiger partial charge >= 0.3 is 5.69 Å². The summed E-state index contributed by atoms with van der Waals surface area (Å²) in [5, 5.41) is 246. The molecule has 35 atom stereocenters. The summed E-state index contributed by atoms with van der Waals surface area (Å²) in [5.74, 6) is 0. The molecule has 23 rings (SSSR count). The highest BCUT2D eigenvalue weighted by molar-refractivity contribution is 5.93. The van der Waals surface area contributed by atoms with Gasteiger partial charge in [0, 0.05) is 12.6 Å². The van der Waals surface area contributed by atoms with Crippen molar-refractivity contribution in [3.8, 4) is 0 Å². The normalized spacial score (nSPS) is 49.5. The number of ether oxygens (including phenoxy) is 14. The summed E-state index contributed by atoms with van der Waals surface area (Å²) in [7, 11) is 0. The Morgan fingerprint density at radius 1 is 0.337 bits per heavy atom. The second-order valence-electron chi connectivity index (χ2n) is 22.2. The molecule has 1 aromatic carbocycles. The minimum Gasteiger partial charge on any atom is -0.394 e. The first-order valence-electron chi connectivity index (χ1n) is 28.0. The Balaban J connectivity index is 0.958. The fourth-order valence-corrected chi connectivity index (χ4v) is 11.8. The third kappa shape index (κ3) is 13.2. The van der Waals surface area contributed by atoms with Gasteiger partial charge in [0.25, 0.3) is 0 Å². The molecule has 21 aliphatic rings. The Labute approximate surface area is 498 Å². The zero-order valence-electron chi connectivity index (χ0n) is 46.0. The van der Waals surface area contributed by atoms with E-state index in [-0.39, 0.29) is 16.7 Å². The highest BCUT2D eigenvalue weighted by Gasteiger charge is 2.59. The van der Waals surface area contributed by atoms with Gasteiger partial charge in [-0.3, -0.25) is 10.1 Å². The van der Waals surface area contributed by atoms with E-state index in [0.717, 1.165) is 6.07 Å². The smallest absolute Gasteiger partial charge is 0.300 e. The fraction of sp³-hybridized carbons (Fsp3) is 0.875. The zero-order chi connectivity index (χ0) is 64.2. The van der Waals surface area contributed by atoms with Crippen molar-refractivity contribution in [1.82, 2.24) is 10.3 Å². The largest absolute Gasteiger partial charge is 0.394 e. The van der Waals surface area contributed by atoms with E-state index < -0.39 is 272 Å². The van der Waals surface area contributed by atoms with Gasteiger partial charge in [0.2, 0.25) is 5.52 Å². The summed E-state index contributed by atoms with van der Waals surface area (Å²) in [5.41, 5.74) is -1.08. The van der Waals surface area contributed by atoms with Gasteiger partial charge in [-0.05, 0) is 16.4 Å². The van der Waals surface area contributed by atoms with Crippen LogP contribution in [0.25, 0.3) is 11.0 Å². The maximum atomic E-state index is 11.9. The number of fused-ring (bicyclic) bond motifs is 1. The van der Waals surface area contributed by atoms with Gasteiger partial charge in [-0.1, -0.05) is 0 Å². The molecule has 21 fully saturated rings. The fourth-order valence-electron chi connectivity index (χ4n) is 11.8. The molecule has 0 unspecified atom stereocenters. The van der Waals surface area contributed by atoms with Crippen molar-refractivity contribution in [2.75, 3.05) is 51.5 Å². The number of anilines is 1. The Hall–Kier alpha value is -3.54. The molecule has 0 aliphatic carbocycles. The van der Waals surface area contributed by atoms with Crippen LogP contribution in [0, 0.1) is 10.1 Å². The van der Waals surface area contributed by atoms with E-state index in [9.17, 15) is 112 Å². The molecule has 506 valence electrons. The molecule has 0 amide bonds. The van der Waals surface area contributed by atoms with Crippen molar-refractivity contribution in [3.63, 3.8) is 0 Å². The lowest BCUT2D eigenvalue weighted by Gasteiger charge is -2.50. The number of aliphatic hydroxyl groups is 20. The van der Waals surface area contributed by atoms with Gasteiger partial charge in [0.1, 0.15) is 171 Å². The number of nitrogens with one attached hydrogen (secondary N) is 1. The number of aliphatic hydroxyl groups excluding tert-OH is 20. The second kappa shape index (κ2) is 28.6. The highest BCUT2D eigenvalue weighted by Crippen LogP contribution is 2.40. The van der Waals surface area contributed by atoms with Gasteiger partial charge in [0.15, 0.2) is 49.5 Å². The number of benzene rings is 1. The number of nitro groups is 1. The van der Waals surface area contributed by atoms with Crippen LogP contribution in [0.1, 0.15) is 0 Å². The molecule has 21 aliphatic heterocycles. The molecule has 22 heterocycles. The first kappa shape index (κ1) is 68.3. The minimum absolute atomic E-state index is 0.0261. The van der Waals surface area contributed by atoms with Crippen LogP contribution in [-0.4, -0.2) is 378 Å². The topological polar surface area (TPSA) is 628 Å². The van der Waals surface area contributed by atoms with Gasteiger partial charge in [-0.25, -0.2) is 4.63 Å². The maximum Gasteiger partial charge on any atom is 0.300 e. The molecule has 1 aromatic heterocycles. The summed E-state index contributed by atoms with van der Waals surface area (Å²) < 4.78 is 85.9. The van der Waals surface area contributed by atoms with Gasteiger partial charge in [0.05, 0.1) is 50.3 Å². The lowest BCUT2D eigenvalue weighted by molar-refractivity contribution is -0.396. The molecule has 0 saturated carbocycles. The lowest BCUT2D eigenvalue weighted by atomic mass is 9.95. The molecule has 41 heteroatoms. The van der Waals surface area contributed by atoms with Crippen LogP contribution in [0.4, 0.5) is 11.4 Å². The predicted molar refractivity (Wildman–Crippen MR) is 268 cm³/mol. The zero-order valence-corrected chi connectivity index (χ0v) is 46.0. The molecular weight excluding hydrogens is 1220 g/mol. The molecule has 2 aromatic rings. The van der Waals surface area contributed by atoms with Crippen molar-refractivity contribution in [2.24, 2.45) is 0 Å². The van der Waals surface area contributed by atoms with Crippen molar-refractivity contribution < 1.29 is 178 Å². The van der Waals surface area contributed by atoms with E-state index in [1.165, 1.54) is 6.07 Å². The number of hydrogen-bond donors (Lipinski definition) is 21. The van der Waals surface area contributed by atoms with Crippen molar-refractivity contribution in [2.45, 2.75) is 215 Å². The van der Waals surface area contributed by atoms with Crippen LogP contribution >= 0.6 is 0 Å². The number of non-ortho nitro benzene ring substituents is 1. The van der Waals surface area contributed by atoms with Gasteiger partial charge in [-0.2, -0.15) is 0 Å². The standard InChI is InChI=1S/C48H72N4O37/c53-4-13-36-23(61)30(68)44(77-13)85-38-15(6-55)79-46(32(70)25(38)63)87-40-17(8-57)81-48(34(72)27(40)65)88-41-18(9-58)80-47(33(71)26(41)64)86-39-16(7-56)78-45(31(69)24(39)62)84-37-14(5-54)76-43(29(67)22(37)60)82-35-12(75-42(83-36)28(66)21(35)59)3-49-10-1-2-11(52(73)74)20-19(10)50-89-51-20/h1-2,12-18,21-49,53-72H,3-9H2/t12-,13-,14-,15-,16-,17-,18-,21-,22-,23-,24-,25-,26-,27-,28-,29-,30-,31-,32-,33-,34-,35-,36-,37-,38-,39-,40-,41-,42-,43-,44-,45-,46-,47-,48-/m1/s1. The molecule has 89 heavy (non-hydrogen) atoms. The Morgan fingerprint density at radius 3 is 0.798 bits per heavy atom. The van der Waals surface area contributed by atoms with Crippen LogP contribution in [-0.2, 0) is 66.3 Å². The average molecular weight is 1300 g/mol. The Morgan fingerprint density at radius 2 is 0.562 bits per heavy atom. The SMILES string of the molecule is O=[N+]([O-])c1ccc(NC[C@H]2O[C@@H]3O[C@H]4[C@H](O)[C@@H](O)[C@@H](O[C@H]5[C@H](O)[C@@H](O)[C@@H](O[C@H]6[C@H](O)[C@@H](O)[C@@H](O[C@H]7[C@H](O)[C@@H](O)[C@@H](O[C@H]8[C@H](O)[C@@H](O)[C@@H](O[C@H]9[C@H](O)[C@@H](O)[C@@H](O[C@H]2[C@H](O)[C@H]3O)O[C@@H]9CO)O[C@@H]8CO)O[C@@H]7CO)O[C@@H]6CO)O[C@@H]5CO)O[C@@H]4CO)c2nonc12. The number of rotatable bonds is 10. The molecule has 21 N–H and O–H groups in total. The number of nitro benzene ring substituents is 1. The summed E-state index contributed by atoms with van der Waals surface area (Å²) in [6.07, 6.45) is -72.0. The maximum absolute atomic E-state index is 11.9. The monoisotopic (exact) mass is 1300 g/mol. The van der Waals surface area contributed by atoms with Crippen LogP contribution in [0.2, 0.25) is 0 Å². The van der Waals surface area contributed by atoms with Gasteiger partial charge < -0.3 is 174 Å². The second-order valence-corrected chi connectivity index (χ2v) is 22.2. The van der Waals surface area contributed by atoms with Gasteiger partial charge in [-0.15, -0.1) is 0 Å². The summed E-state index contributed by atoms with van der Waals surface area (Å²) in [6.45, 7) is -7.10. The summed E-state index contributed by atoms with van der Waals surface area (Å²) in [6, 6.07) is 2.21. The van der Waals surface area contributed by atoms with E-state index >= 15 is 0 Å². The Bertz CT molecular complexity index is 2610. The highest BCUT2D eigenvalue weighted by atomic mass is 16.8. The van der Waals surface area contributed by atoms with Crippen LogP contribution in [0.3, 0.4) is 0 Å². The van der Waals surface area contributed by atoms with Crippen molar-refractivity contribution in [3.05, 3.63) is 22.2 Å². The third-order valence-corrected chi connectivity index (χ3v) is 16.7. The van der Waals surface area contributed by atoms with Crippen molar-refractivity contribution >= 4 is 22.4 Å². The quantitative estimate of drug-likeness (QED) is 0.0776. The predicted octanol–water partition coefficient (Wildman–Crippen LogP) is -13.7. The third-order valence-electron chi connectivity index (χ3n) is 16.7. The molecule has 21 saturated heterocycles. The summed E-state index contributed by atoms with van der Waals surface area (Å²) >= 11 is 0. The molecule has 0 radical (unpaired) electrons.